The van der Waals surface area contributed by atoms with E-state index in [1.165, 1.54) is 11.1 Å². The first-order valence-corrected chi connectivity index (χ1v) is 9.35. The van der Waals surface area contributed by atoms with Crippen LogP contribution in [0.3, 0.4) is 0 Å². The highest BCUT2D eigenvalue weighted by Gasteiger charge is 2.24. The molecular weight excluding hydrogens is 344 g/mol. The number of carbonyl (C=O) groups excluding carboxylic acids is 1. The van der Waals surface area contributed by atoms with Crippen molar-refractivity contribution in [2.24, 2.45) is 5.92 Å². The SMILES string of the molecule is C[C@H]1C[C@@H](C(=O)NCCC(c2ccccc2)c2ccccc2)CCN1.Cl. The molecule has 0 unspecified atom stereocenters. The molecule has 3 nitrogen and oxygen atoms in total. The van der Waals surface area contributed by atoms with E-state index in [4.69, 9.17) is 0 Å². The van der Waals surface area contributed by atoms with Gasteiger partial charge in [-0.1, -0.05) is 60.7 Å². The Labute approximate surface area is 163 Å². The highest BCUT2D eigenvalue weighted by molar-refractivity contribution is 5.85. The molecule has 26 heavy (non-hydrogen) atoms. The zero-order valence-corrected chi connectivity index (χ0v) is 16.2. The molecule has 1 saturated heterocycles. The van der Waals surface area contributed by atoms with Crippen LogP contribution < -0.4 is 10.6 Å². The molecule has 1 fully saturated rings. The number of halogens is 1. The van der Waals surface area contributed by atoms with Crippen LogP contribution in [0.5, 0.6) is 0 Å². The van der Waals surface area contributed by atoms with Crippen molar-refractivity contribution in [3.63, 3.8) is 0 Å². The van der Waals surface area contributed by atoms with Crippen molar-refractivity contribution in [1.29, 1.82) is 0 Å². The number of piperidine rings is 1. The fourth-order valence-corrected chi connectivity index (χ4v) is 3.75. The number of amides is 1. The Hall–Kier alpha value is -1.84. The highest BCUT2D eigenvalue weighted by atomic mass is 35.5. The fourth-order valence-electron chi connectivity index (χ4n) is 3.75. The second-order valence-electron chi connectivity index (χ2n) is 7.03. The quantitative estimate of drug-likeness (QED) is 0.800. The van der Waals surface area contributed by atoms with E-state index in [1.54, 1.807) is 0 Å². The van der Waals surface area contributed by atoms with Crippen LogP contribution >= 0.6 is 12.4 Å². The number of carbonyl (C=O) groups is 1. The lowest BCUT2D eigenvalue weighted by atomic mass is 9.88. The minimum absolute atomic E-state index is 0. The van der Waals surface area contributed by atoms with E-state index in [0.717, 1.165) is 25.8 Å². The Balaban J connectivity index is 0.00000243. The number of benzene rings is 2. The summed E-state index contributed by atoms with van der Waals surface area (Å²) >= 11 is 0. The summed E-state index contributed by atoms with van der Waals surface area (Å²) in [5.74, 6) is 0.686. The van der Waals surface area contributed by atoms with Crippen LogP contribution in [0.2, 0.25) is 0 Å². The molecule has 2 aromatic carbocycles. The Morgan fingerprint density at radius 2 is 1.65 bits per heavy atom. The van der Waals surface area contributed by atoms with Crippen LogP contribution in [0.4, 0.5) is 0 Å². The van der Waals surface area contributed by atoms with E-state index in [-0.39, 0.29) is 24.2 Å². The lowest BCUT2D eigenvalue weighted by Crippen LogP contribution is -2.42. The van der Waals surface area contributed by atoms with Gasteiger partial charge >= 0.3 is 0 Å². The van der Waals surface area contributed by atoms with E-state index in [2.05, 4.69) is 66.1 Å². The van der Waals surface area contributed by atoms with Crippen LogP contribution in [-0.2, 0) is 4.79 Å². The Bertz CT molecular complexity index is 623. The molecule has 3 rings (SSSR count). The summed E-state index contributed by atoms with van der Waals surface area (Å²) in [6.07, 6.45) is 2.80. The minimum Gasteiger partial charge on any atom is -0.356 e. The summed E-state index contributed by atoms with van der Waals surface area (Å²) in [6.45, 7) is 3.81. The second kappa shape index (κ2) is 10.3. The molecule has 0 bridgehead atoms. The van der Waals surface area contributed by atoms with Crippen LogP contribution in [0.15, 0.2) is 60.7 Å². The molecule has 4 heteroatoms. The largest absolute Gasteiger partial charge is 0.356 e. The maximum Gasteiger partial charge on any atom is 0.223 e. The van der Waals surface area contributed by atoms with Crippen molar-refractivity contribution in [3.05, 3.63) is 71.8 Å². The molecule has 2 N–H and O–H groups in total. The van der Waals surface area contributed by atoms with Gasteiger partial charge in [-0.2, -0.15) is 0 Å². The van der Waals surface area contributed by atoms with Gasteiger partial charge in [-0.05, 0) is 43.9 Å². The summed E-state index contributed by atoms with van der Waals surface area (Å²) in [5, 5.41) is 6.58. The molecule has 2 atom stereocenters. The van der Waals surface area contributed by atoms with Gasteiger partial charge in [0.05, 0.1) is 0 Å². The monoisotopic (exact) mass is 372 g/mol. The molecule has 1 aliphatic heterocycles. The summed E-state index contributed by atoms with van der Waals surface area (Å²) in [4.78, 5) is 12.5. The van der Waals surface area contributed by atoms with Gasteiger partial charge < -0.3 is 10.6 Å². The Kier molecular flexibility index (Phi) is 8.14. The first kappa shape index (κ1) is 20.5. The number of hydrogen-bond acceptors (Lipinski definition) is 2. The van der Waals surface area contributed by atoms with Crippen molar-refractivity contribution >= 4 is 18.3 Å². The Morgan fingerprint density at radius 1 is 1.08 bits per heavy atom. The molecule has 0 aromatic heterocycles. The van der Waals surface area contributed by atoms with Gasteiger partial charge in [0.1, 0.15) is 0 Å². The van der Waals surface area contributed by atoms with Gasteiger partial charge in [-0.25, -0.2) is 0 Å². The molecular formula is C22H29ClN2O. The first-order chi connectivity index (χ1) is 12.2. The zero-order chi connectivity index (χ0) is 17.5. The van der Waals surface area contributed by atoms with Crippen molar-refractivity contribution < 1.29 is 4.79 Å². The average molecular weight is 373 g/mol. The van der Waals surface area contributed by atoms with Gasteiger partial charge in [0, 0.05) is 24.4 Å². The number of nitrogens with one attached hydrogen (secondary N) is 2. The summed E-state index contributed by atoms with van der Waals surface area (Å²) < 4.78 is 0. The predicted octanol–water partition coefficient (Wildman–Crippen LogP) is 4.13. The predicted molar refractivity (Wildman–Crippen MR) is 110 cm³/mol. The molecule has 140 valence electrons. The summed E-state index contributed by atoms with van der Waals surface area (Å²) in [7, 11) is 0. The minimum atomic E-state index is 0. The van der Waals surface area contributed by atoms with Gasteiger partial charge in [-0.15, -0.1) is 12.4 Å². The highest BCUT2D eigenvalue weighted by Crippen LogP contribution is 2.27. The maximum atomic E-state index is 12.5. The molecule has 0 saturated carbocycles. The van der Waals surface area contributed by atoms with Gasteiger partial charge in [0.2, 0.25) is 5.91 Å². The zero-order valence-electron chi connectivity index (χ0n) is 15.4. The molecule has 2 aromatic rings. The van der Waals surface area contributed by atoms with Crippen molar-refractivity contribution in [2.75, 3.05) is 13.1 Å². The molecule has 0 radical (unpaired) electrons. The topological polar surface area (TPSA) is 41.1 Å². The fraction of sp³-hybridized carbons (Fsp3) is 0.409. The van der Waals surface area contributed by atoms with E-state index in [0.29, 0.717) is 18.5 Å². The maximum absolute atomic E-state index is 12.5. The molecule has 1 aliphatic rings. The number of hydrogen-bond donors (Lipinski definition) is 2. The standard InChI is InChI=1S/C22H28N2O.ClH/c1-17-16-20(12-14-23-17)22(25)24-15-13-21(18-8-4-2-5-9-18)19-10-6-3-7-11-19;/h2-11,17,20-21,23H,12-16H2,1H3,(H,24,25);1H/t17-,20-;/m0./s1. The van der Waals surface area contributed by atoms with Crippen LogP contribution in [0.1, 0.15) is 43.2 Å². The molecule has 1 heterocycles. The number of rotatable bonds is 6. The normalized spacial score (nSPS) is 19.6. The van der Waals surface area contributed by atoms with E-state index in [9.17, 15) is 4.79 Å². The van der Waals surface area contributed by atoms with Gasteiger partial charge in [-0.3, -0.25) is 4.79 Å². The van der Waals surface area contributed by atoms with Crippen molar-refractivity contribution in [2.45, 2.75) is 38.1 Å². The third-order valence-corrected chi connectivity index (χ3v) is 5.13. The first-order valence-electron chi connectivity index (χ1n) is 9.35. The lowest BCUT2D eigenvalue weighted by molar-refractivity contribution is -0.126. The smallest absolute Gasteiger partial charge is 0.223 e. The molecule has 0 spiro atoms. The van der Waals surface area contributed by atoms with Crippen molar-refractivity contribution in [3.8, 4) is 0 Å². The third kappa shape index (κ3) is 5.58. The van der Waals surface area contributed by atoms with Crippen molar-refractivity contribution in [1.82, 2.24) is 10.6 Å². The van der Waals surface area contributed by atoms with E-state index < -0.39 is 0 Å². The Morgan fingerprint density at radius 3 is 2.19 bits per heavy atom. The molecule has 1 amide bonds. The second-order valence-corrected chi connectivity index (χ2v) is 7.03. The summed E-state index contributed by atoms with van der Waals surface area (Å²) in [5.41, 5.74) is 2.61. The van der Waals surface area contributed by atoms with Gasteiger partial charge in [0.15, 0.2) is 0 Å². The lowest BCUT2D eigenvalue weighted by Gasteiger charge is -2.27. The third-order valence-electron chi connectivity index (χ3n) is 5.13. The summed E-state index contributed by atoms with van der Waals surface area (Å²) in [6, 6.07) is 21.6. The van der Waals surface area contributed by atoms with Crippen LogP contribution in [0, 0.1) is 5.92 Å². The average Bonchev–Trinajstić information content (AvgIpc) is 2.66. The van der Waals surface area contributed by atoms with Crippen LogP contribution in [0.25, 0.3) is 0 Å². The molecule has 0 aliphatic carbocycles. The van der Waals surface area contributed by atoms with E-state index >= 15 is 0 Å². The van der Waals surface area contributed by atoms with Crippen LogP contribution in [-0.4, -0.2) is 25.0 Å². The van der Waals surface area contributed by atoms with E-state index in [1.807, 2.05) is 12.1 Å². The van der Waals surface area contributed by atoms with Gasteiger partial charge in [0.25, 0.3) is 0 Å².